The van der Waals surface area contributed by atoms with Crippen LogP contribution in [0.3, 0.4) is 0 Å². The van der Waals surface area contributed by atoms with Crippen LogP contribution in [-0.4, -0.2) is 33.8 Å². The number of thiazole rings is 1. The highest BCUT2D eigenvalue weighted by Crippen LogP contribution is 2.38. The molecule has 0 aliphatic carbocycles. The van der Waals surface area contributed by atoms with Crippen molar-refractivity contribution in [2.24, 2.45) is 0 Å². The molecule has 0 unspecified atom stereocenters. The summed E-state index contributed by atoms with van der Waals surface area (Å²) >= 11 is 0.820. The number of fused-ring (bicyclic) bond motifs is 1. The predicted molar refractivity (Wildman–Crippen MR) is 108 cm³/mol. The molecule has 0 amide bonds. The minimum Gasteiger partial charge on any atom is -0.461 e. The van der Waals surface area contributed by atoms with Gasteiger partial charge in [-0.3, -0.25) is 0 Å². The van der Waals surface area contributed by atoms with E-state index in [1.54, 1.807) is 25.1 Å². The average Bonchev–Trinajstić information content (AvgIpc) is 3.41. The van der Waals surface area contributed by atoms with Crippen molar-refractivity contribution in [2.45, 2.75) is 19.3 Å². The van der Waals surface area contributed by atoms with Gasteiger partial charge in [0.2, 0.25) is 5.13 Å². The number of hydrogen-bond donors (Lipinski definition) is 0. The van der Waals surface area contributed by atoms with Crippen LogP contribution in [0.4, 0.5) is 17.6 Å². The Morgan fingerprint density at radius 1 is 1.16 bits per heavy atom. The van der Waals surface area contributed by atoms with Crippen LogP contribution in [0.1, 0.15) is 23.1 Å². The van der Waals surface area contributed by atoms with Crippen molar-refractivity contribution in [1.82, 2.24) is 14.8 Å². The quantitative estimate of drug-likeness (QED) is 0.281. The van der Waals surface area contributed by atoms with Crippen molar-refractivity contribution >= 4 is 28.1 Å². The molecule has 0 fully saturated rings. The Hall–Kier alpha value is -3.27. The van der Waals surface area contributed by atoms with Gasteiger partial charge in [-0.05, 0) is 29.8 Å². The summed E-state index contributed by atoms with van der Waals surface area (Å²) in [5.41, 5.74) is -0.578. The Kier molecular flexibility index (Phi) is 5.48. The fourth-order valence-electron chi connectivity index (χ4n) is 3.03. The predicted octanol–water partition coefficient (Wildman–Crippen LogP) is 5.68. The number of rotatable bonds is 6. The fourth-order valence-corrected chi connectivity index (χ4v) is 3.78. The number of alkyl halides is 4. The molecule has 0 N–H and O–H groups in total. The molecule has 2 aromatic carbocycles. The van der Waals surface area contributed by atoms with Gasteiger partial charge in [-0.1, -0.05) is 36.4 Å². The maximum absolute atomic E-state index is 14.4. The zero-order valence-corrected chi connectivity index (χ0v) is 16.9. The fraction of sp³-hybridized carbons (Fsp3) is 0.190. The van der Waals surface area contributed by atoms with E-state index in [1.807, 2.05) is 24.3 Å². The monoisotopic (exact) mass is 449 g/mol. The van der Waals surface area contributed by atoms with Crippen molar-refractivity contribution in [3.8, 4) is 16.4 Å². The highest BCUT2D eigenvalue weighted by Gasteiger charge is 2.46. The Morgan fingerprint density at radius 3 is 2.61 bits per heavy atom. The maximum Gasteiger partial charge on any atom is 0.357 e. The summed E-state index contributed by atoms with van der Waals surface area (Å²) in [6, 6.07) is 13.5. The van der Waals surface area contributed by atoms with Gasteiger partial charge in [0.15, 0.2) is 5.69 Å². The second kappa shape index (κ2) is 8.10. The lowest BCUT2D eigenvalue weighted by molar-refractivity contribution is -0.139. The van der Waals surface area contributed by atoms with Gasteiger partial charge in [-0.25, -0.2) is 23.2 Å². The van der Waals surface area contributed by atoms with Crippen molar-refractivity contribution in [1.29, 1.82) is 0 Å². The van der Waals surface area contributed by atoms with Gasteiger partial charge in [-0.15, -0.1) is 11.3 Å². The number of hydrogen-bond acceptors (Lipinski definition) is 5. The molecule has 0 saturated carbocycles. The molecule has 0 atom stereocenters. The van der Waals surface area contributed by atoms with Gasteiger partial charge in [0.1, 0.15) is 5.69 Å². The molecule has 2 heterocycles. The first kappa shape index (κ1) is 21.0. The van der Waals surface area contributed by atoms with Crippen molar-refractivity contribution in [3.63, 3.8) is 0 Å². The number of aromatic nitrogens is 3. The van der Waals surface area contributed by atoms with Crippen molar-refractivity contribution in [3.05, 3.63) is 65.3 Å². The van der Waals surface area contributed by atoms with Crippen LogP contribution < -0.4 is 0 Å². The number of esters is 1. The lowest BCUT2D eigenvalue weighted by Crippen LogP contribution is -2.27. The van der Waals surface area contributed by atoms with E-state index >= 15 is 0 Å². The normalized spacial score (nSPS) is 11.9. The van der Waals surface area contributed by atoms with E-state index in [9.17, 15) is 22.4 Å². The van der Waals surface area contributed by atoms with Crippen LogP contribution in [0.25, 0.3) is 27.2 Å². The Morgan fingerprint density at radius 2 is 1.90 bits per heavy atom. The number of benzene rings is 2. The third kappa shape index (κ3) is 3.90. The van der Waals surface area contributed by atoms with Crippen LogP contribution in [0, 0.1) is 0 Å². The first-order valence-electron chi connectivity index (χ1n) is 9.20. The van der Waals surface area contributed by atoms with E-state index in [4.69, 9.17) is 4.74 Å². The lowest BCUT2D eigenvalue weighted by atomic mass is 10.0. The minimum absolute atomic E-state index is 0.0777. The Bertz CT molecular complexity index is 1250. The molecule has 0 radical (unpaired) electrons. The van der Waals surface area contributed by atoms with Crippen molar-refractivity contribution < 1.29 is 27.1 Å². The summed E-state index contributed by atoms with van der Waals surface area (Å²) < 4.78 is 60.6. The molecular formula is C21H15F4N3O2S. The van der Waals surface area contributed by atoms with Crippen LogP contribution in [0.15, 0.2) is 53.9 Å². The zero-order valence-electron chi connectivity index (χ0n) is 16.1. The van der Waals surface area contributed by atoms with Gasteiger partial charge in [0.25, 0.3) is 0 Å². The van der Waals surface area contributed by atoms with E-state index in [-0.39, 0.29) is 23.1 Å². The van der Waals surface area contributed by atoms with E-state index in [1.165, 1.54) is 5.38 Å². The number of ether oxygens (including phenoxy) is 1. The van der Waals surface area contributed by atoms with E-state index < -0.39 is 24.0 Å². The topological polar surface area (TPSA) is 57.0 Å². The van der Waals surface area contributed by atoms with Crippen LogP contribution in [0.2, 0.25) is 0 Å². The SMILES string of the molecule is CCOC(=O)c1csc(-n2nc(-c3ccc4ccccc4c3)cc2C(F)(F)C(F)F)n1. The smallest absolute Gasteiger partial charge is 0.357 e. The summed E-state index contributed by atoms with van der Waals surface area (Å²) in [6.45, 7) is 1.71. The molecule has 31 heavy (non-hydrogen) atoms. The molecule has 160 valence electrons. The van der Waals surface area contributed by atoms with E-state index in [0.29, 0.717) is 10.2 Å². The van der Waals surface area contributed by atoms with Crippen molar-refractivity contribution in [2.75, 3.05) is 6.61 Å². The lowest BCUT2D eigenvalue weighted by Gasteiger charge is -2.15. The molecule has 0 aliphatic rings. The van der Waals surface area contributed by atoms with Gasteiger partial charge < -0.3 is 4.74 Å². The first-order valence-corrected chi connectivity index (χ1v) is 10.1. The summed E-state index contributed by atoms with van der Waals surface area (Å²) in [6.07, 6.45) is -3.95. The Balaban J connectivity index is 1.84. The van der Waals surface area contributed by atoms with Crippen LogP contribution in [-0.2, 0) is 10.7 Å². The molecule has 0 aliphatic heterocycles. The third-order valence-corrected chi connectivity index (χ3v) is 5.34. The van der Waals surface area contributed by atoms with Gasteiger partial charge >= 0.3 is 18.3 Å². The van der Waals surface area contributed by atoms with Crippen LogP contribution in [0.5, 0.6) is 0 Å². The molecule has 0 bridgehead atoms. The highest BCUT2D eigenvalue weighted by atomic mass is 32.1. The summed E-state index contributed by atoms with van der Waals surface area (Å²) in [4.78, 5) is 15.8. The summed E-state index contributed by atoms with van der Waals surface area (Å²) in [7, 11) is 0. The molecular weight excluding hydrogens is 434 g/mol. The number of halogens is 4. The van der Waals surface area contributed by atoms with Gasteiger partial charge in [-0.2, -0.15) is 13.9 Å². The maximum atomic E-state index is 14.4. The largest absolute Gasteiger partial charge is 0.461 e. The third-order valence-electron chi connectivity index (χ3n) is 4.53. The second-order valence-electron chi connectivity index (χ2n) is 6.55. The first-order chi connectivity index (χ1) is 14.8. The van der Waals surface area contributed by atoms with E-state index in [2.05, 4.69) is 10.1 Å². The van der Waals surface area contributed by atoms with Gasteiger partial charge in [0, 0.05) is 10.9 Å². The molecule has 0 spiro atoms. The zero-order chi connectivity index (χ0) is 22.2. The van der Waals surface area contributed by atoms with Gasteiger partial charge in [0.05, 0.1) is 12.3 Å². The average molecular weight is 449 g/mol. The van der Waals surface area contributed by atoms with E-state index in [0.717, 1.165) is 28.2 Å². The number of carbonyl (C=O) groups is 1. The summed E-state index contributed by atoms with van der Waals surface area (Å²) in [5, 5.41) is 7.05. The number of nitrogens with zero attached hydrogens (tertiary/aromatic N) is 3. The number of carbonyl (C=O) groups excluding carboxylic acids is 1. The molecule has 4 aromatic rings. The van der Waals surface area contributed by atoms with Crippen LogP contribution >= 0.6 is 11.3 Å². The second-order valence-corrected chi connectivity index (χ2v) is 7.38. The molecule has 10 heteroatoms. The molecule has 4 rings (SSSR count). The molecule has 0 saturated heterocycles. The molecule has 2 aromatic heterocycles. The minimum atomic E-state index is -4.47. The molecule has 5 nitrogen and oxygen atoms in total. The Labute approximate surface area is 177 Å². The standard InChI is InChI=1S/C21H15F4N3O2S/c1-2-30-18(29)16-11-31-20(26-16)28-17(21(24,25)19(22)23)10-15(27-28)14-8-7-12-5-3-4-6-13(12)9-14/h3-11,19H,2H2,1H3. The highest BCUT2D eigenvalue weighted by molar-refractivity contribution is 7.12. The summed E-state index contributed by atoms with van der Waals surface area (Å²) in [5.74, 6) is -5.22.